The van der Waals surface area contributed by atoms with Crippen LogP contribution in [-0.2, 0) is 17.4 Å². The van der Waals surface area contributed by atoms with Crippen molar-refractivity contribution < 1.29 is 36.6 Å². The van der Waals surface area contributed by atoms with Gasteiger partial charge in [-0.05, 0) is 24.6 Å². The number of aliphatic hydroxyl groups is 2. The standard InChI is InChI=1S/C19H14F6O2/c1-16(26,14-8-5-9-15(12-14)18(20,21)22)10-11-17(27,19(23,24)25)13-6-3-2-4-7-13/h2-9,12,26-27H,1H3/t16-,17-/m1/s1. The average Bonchev–Trinajstić information content (AvgIpc) is 2.59. The lowest BCUT2D eigenvalue weighted by Gasteiger charge is -2.26. The van der Waals surface area contributed by atoms with Gasteiger partial charge in [0.05, 0.1) is 5.56 Å². The molecule has 0 aliphatic rings. The van der Waals surface area contributed by atoms with E-state index in [0.717, 1.165) is 37.3 Å². The first-order valence-corrected chi connectivity index (χ1v) is 7.56. The lowest BCUT2D eigenvalue weighted by molar-refractivity contribution is -0.240. The van der Waals surface area contributed by atoms with Crippen molar-refractivity contribution in [3.8, 4) is 11.8 Å². The van der Waals surface area contributed by atoms with Gasteiger partial charge in [-0.2, -0.15) is 26.3 Å². The maximum atomic E-state index is 13.4. The molecule has 0 spiro atoms. The van der Waals surface area contributed by atoms with Gasteiger partial charge in [0.15, 0.2) is 0 Å². The van der Waals surface area contributed by atoms with Crippen molar-refractivity contribution in [1.29, 1.82) is 0 Å². The Balaban J connectivity index is 2.52. The molecule has 0 aliphatic carbocycles. The largest absolute Gasteiger partial charge is 0.433 e. The molecular formula is C19H14F6O2. The summed E-state index contributed by atoms with van der Waals surface area (Å²) in [6, 6.07) is 9.40. The maximum absolute atomic E-state index is 13.4. The van der Waals surface area contributed by atoms with E-state index < -0.39 is 34.7 Å². The zero-order valence-electron chi connectivity index (χ0n) is 13.9. The highest BCUT2D eigenvalue weighted by Crippen LogP contribution is 2.39. The van der Waals surface area contributed by atoms with Gasteiger partial charge in [0, 0.05) is 5.56 Å². The summed E-state index contributed by atoms with van der Waals surface area (Å²) in [5.41, 5.74) is -7.99. The quantitative estimate of drug-likeness (QED) is 0.593. The van der Waals surface area contributed by atoms with Crippen molar-refractivity contribution in [3.05, 3.63) is 71.3 Å². The lowest BCUT2D eigenvalue weighted by Crippen LogP contribution is -2.41. The summed E-state index contributed by atoms with van der Waals surface area (Å²) in [5, 5.41) is 20.5. The third kappa shape index (κ3) is 4.43. The Kier molecular flexibility index (Phi) is 5.32. The van der Waals surface area contributed by atoms with Gasteiger partial charge in [0.1, 0.15) is 5.60 Å². The summed E-state index contributed by atoms with van der Waals surface area (Å²) in [6.45, 7) is 0.942. The molecule has 27 heavy (non-hydrogen) atoms. The highest BCUT2D eigenvalue weighted by Gasteiger charge is 2.54. The van der Waals surface area contributed by atoms with E-state index in [1.165, 1.54) is 18.2 Å². The summed E-state index contributed by atoms with van der Waals surface area (Å²) in [5.74, 6) is 3.47. The maximum Gasteiger partial charge on any atom is 0.433 e. The second kappa shape index (κ2) is 6.91. The van der Waals surface area contributed by atoms with Gasteiger partial charge < -0.3 is 10.2 Å². The Hall–Kier alpha value is -2.50. The van der Waals surface area contributed by atoms with E-state index in [9.17, 15) is 36.6 Å². The number of rotatable bonds is 2. The summed E-state index contributed by atoms with van der Waals surface area (Å²) in [6.07, 6.45) is -9.90. The molecule has 0 bridgehead atoms. The van der Waals surface area contributed by atoms with Crippen LogP contribution in [0.3, 0.4) is 0 Å². The van der Waals surface area contributed by atoms with Crippen molar-refractivity contribution in [1.82, 2.24) is 0 Å². The van der Waals surface area contributed by atoms with Gasteiger partial charge in [0.2, 0.25) is 5.60 Å². The van der Waals surface area contributed by atoms with E-state index in [1.54, 1.807) is 5.92 Å². The van der Waals surface area contributed by atoms with E-state index in [0.29, 0.717) is 6.07 Å². The van der Waals surface area contributed by atoms with E-state index in [1.807, 2.05) is 5.92 Å². The Morgan fingerprint density at radius 3 is 1.74 bits per heavy atom. The van der Waals surface area contributed by atoms with Crippen molar-refractivity contribution in [3.63, 3.8) is 0 Å². The number of hydrogen-bond donors (Lipinski definition) is 2. The Morgan fingerprint density at radius 2 is 1.22 bits per heavy atom. The lowest BCUT2D eigenvalue weighted by atomic mass is 9.90. The molecule has 0 aromatic heterocycles. The van der Waals surface area contributed by atoms with Crippen molar-refractivity contribution in [2.24, 2.45) is 0 Å². The minimum Gasteiger partial charge on any atom is -0.374 e. The van der Waals surface area contributed by atoms with Crippen LogP contribution in [0.2, 0.25) is 0 Å². The first kappa shape index (κ1) is 20.8. The Morgan fingerprint density at radius 1 is 0.704 bits per heavy atom. The van der Waals surface area contributed by atoms with Crippen LogP contribution in [-0.4, -0.2) is 16.4 Å². The topological polar surface area (TPSA) is 40.5 Å². The zero-order chi connectivity index (χ0) is 20.5. The molecule has 2 rings (SSSR count). The molecule has 2 nitrogen and oxygen atoms in total. The number of alkyl halides is 6. The normalized spacial score (nSPS) is 16.6. The molecule has 2 aromatic rings. The summed E-state index contributed by atoms with van der Waals surface area (Å²) < 4.78 is 78.6. The Bertz CT molecular complexity index is 859. The molecule has 8 heteroatoms. The smallest absolute Gasteiger partial charge is 0.374 e. The first-order valence-electron chi connectivity index (χ1n) is 7.56. The second-order valence-corrected chi connectivity index (χ2v) is 5.97. The molecule has 2 N–H and O–H groups in total. The molecule has 0 saturated heterocycles. The number of hydrogen-bond acceptors (Lipinski definition) is 2. The van der Waals surface area contributed by atoms with Crippen LogP contribution in [0.15, 0.2) is 54.6 Å². The summed E-state index contributed by atoms with van der Waals surface area (Å²) in [4.78, 5) is 0. The van der Waals surface area contributed by atoms with Crippen LogP contribution in [0.1, 0.15) is 23.6 Å². The van der Waals surface area contributed by atoms with Gasteiger partial charge in [-0.25, -0.2) is 0 Å². The molecular weight excluding hydrogens is 374 g/mol. The van der Waals surface area contributed by atoms with Gasteiger partial charge in [0.25, 0.3) is 0 Å². The van der Waals surface area contributed by atoms with Crippen molar-refractivity contribution in [2.45, 2.75) is 30.5 Å². The van der Waals surface area contributed by atoms with E-state index in [-0.39, 0.29) is 5.56 Å². The van der Waals surface area contributed by atoms with E-state index >= 15 is 0 Å². The SMILES string of the molecule is C[C@@](O)(C#C[C@@](O)(c1ccccc1)C(F)(F)F)c1cccc(C(F)(F)F)c1. The van der Waals surface area contributed by atoms with Crippen LogP contribution < -0.4 is 0 Å². The van der Waals surface area contributed by atoms with Crippen LogP contribution in [0.25, 0.3) is 0 Å². The fourth-order valence-electron chi connectivity index (χ4n) is 2.27. The molecule has 2 aromatic carbocycles. The summed E-state index contributed by atoms with van der Waals surface area (Å²) >= 11 is 0. The number of halogens is 6. The minimum atomic E-state index is -5.20. The van der Waals surface area contributed by atoms with Crippen LogP contribution >= 0.6 is 0 Å². The number of benzene rings is 2. The van der Waals surface area contributed by atoms with Gasteiger partial charge in [-0.3, -0.25) is 0 Å². The molecule has 0 saturated carbocycles. The predicted octanol–water partition coefficient (Wildman–Crippen LogP) is 4.37. The van der Waals surface area contributed by atoms with E-state index in [4.69, 9.17) is 0 Å². The molecule has 2 atom stereocenters. The molecule has 0 amide bonds. The van der Waals surface area contributed by atoms with Gasteiger partial charge in [-0.1, -0.05) is 54.3 Å². The molecule has 0 unspecified atom stereocenters. The van der Waals surface area contributed by atoms with Crippen molar-refractivity contribution >= 4 is 0 Å². The molecule has 0 fully saturated rings. The van der Waals surface area contributed by atoms with Crippen LogP contribution in [0.4, 0.5) is 26.3 Å². The molecule has 144 valence electrons. The minimum absolute atomic E-state index is 0.359. The van der Waals surface area contributed by atoms with E-state index in [2.05, 4.69) is 0 Å². The fourth-order valence-corrected chi connectivity index (χ4v) is 2.27. The Labute approximate surface area is 151 Å². The zero-order valence-corrected chi connectivity index (χ0v) is 13.9. The highest BCUT2D eigenvalue weighted by atomic mass is 19.4. The molecule has 0 radical (unpaired) electrons. The fraction of sp³-hybridized carbons (Fsp3) is 0.263. The predicted molar refractivity (Wildman–Crippen MR) is 85.2 cm³/mol. The molecule has 0 heterocycles. The van der Waals surface area contributed by atoms with Gasteiger partial charge >= 0.3 is 12.4 Å². The first-order chi connectivity index (χ1) is 12.3. The second-order valence-electron chi connectivity index (χ2n) is 5.97. The molecule has 0 aliphatic heterocycles. The summed E-state index contributed by atoms with van der Waals surface area (Å²) in [7, 11) is 0. The average molecular weight is 388 g/mol. The third-order valence-electron chi connectivity index (χ3n) is 3.84. The highest BCUT2D eigenvalue weighted by molar-refractivity contribution is 5.40. The monoisotopic (exact) mass is 388 g/mol. The van der Waals surface area contributed by atoms with Crippen LogP contribution in [0, 0.1) is 11.8 Å². The third-order valence-corrected chi connectivity index (χ3v) is 3.84. The van der Waals surface area contributed by atoms with Crippen LogP contribution in [0.5, 0.6) is 0 Å². The van der Waals surface area contributed by atoms with Crippen molar-refractivity contribution in [2.75, 3.05) is 0 Å². The van der Waals surface area contributed by atoms with Gasteiger partial charge in [-0.15, -0.1) is 0 Å².